The van der Waals surface area contributed by atoms with Gasteiger partial charge in [0, 0.05) is 52.4 Å². The minimum absolute atomic E-state index is 0.114. The predicted octanol–water partition coefficient (Wildman–Crippen LogP) is 6.84. The highest BCUT2D eigenvalue weighted by Crippen LogP contribution is 2.51. The topological polar surface area (TPSA) is 208 Å². The van der Waals surface area contributed by atoms with Gasteiger partial charge in [-0.25, -0.2) is 5.26 Å². The van der Waals surface area contributed by atoms with Gasteiger partial charge in [0.25, 0.3) is 30.4 Å². The van der Waals surface area contributed by atoms with E-state index < -0.39 is 52.7 Å². The Hall–Kier alpha value is -3.69. The van der Waals surface area contributed by atoms with E-state index in [1.54, 1.807) is 12.1 Å². The van der Waals surface area contributed by atoms with Crippen LogP contribution in [0.4, 0.5) is 11.4 Å². The van der Waals surface area contributed by atoms with Crippen LogP contribution in [-0.2, 0) is 50.6 Å². The molecule has 0 saturated heterocycles. The van der Waals surface area contributed by atoms with Crippen molar-refractivity contribution in [2.75, 3.05) is 29.5 Å². The summed E-state index contributed by atoms with van der Waals surface area (Å²) in [6.45, 7) is 8.66. The van der Waals surface area contributed by atoms with Crippen LogP contribution < -0.4 is 4.90 Å². The molecule has 0 amide bonds. The first-order chi connectivity index (χ1) is 25.6. The highest BCUT2D eigenvalue weighted by Gasteiger charge is 2.46. The molecule has 2 aliphatic rings. The van der Waals surface area contributed by atoms with Crippen LogP contribution in [0.2, 0.25) is 0 Å². The van der Waals surface area contributed by atoms with Crippen LogP contribution in [0.25, 0.3) is 21.5 Å². The van der Waals surface area contributed by atoms with Gasteiger partial charge in [0.1, 0.15) is 6.54 Å². The number of fused-ring (bicyclic) bond motifs is 6. The van der Waals surface area contributed by atoms with Crippen LogP contribution in [0.1, 0.15) is 51.7 Å². The molecule has 0 aliphatic carbocycles. The van der Waals surface area contributed by atoms with Gasteiger partial charge in [0.2, 0.25) is 5.69 Å². The fourth-order valence-corrected chi connectivity index (χ4v) is 9.84. The van der Waals surface area contributed by atoms with Gasteiger partial charge in [0.15, 0.2) is 5.71 Å². The molecule has 14 nitrogen and oxygen atoms in total. The first-order valence-corrected chi connectivity index (χ1v) is 22.5. The van der Waals surface area contributed by atoms with Gasteiger partial charge >= 0.3 is 0 Å². The molecule has 55 heavy (non-hydrogen) atoms. The molecule has 2 heterocycles. The zero-order valence-electron chi connectivity index (χ0n) is 30.3. The lowest BCUT2D eigenvalue weighted by molar-refractivity contribution is -0.437. The third kappa shape index (κ3) is 8.39. The average molecular weight is 834 g/mol. The van der Waals surface area contributed by atoms with Crippen molar-refractivity contribution < 1.29 is 58.1 Å². The SMILES string of the molecule is CC1(C)C(C=C/C=C2/N(CCCS(=O)(=O)O)c3ccc4cc(S(=O)(=O)O)ccc4c3C2(C)C)=[N+](CCCS(=O)(=O)O)c2ccc3cc(SOOO)ccc3c21. The van der Waals surface area contributed by atoms with Crippen LogP contribution in [0.15, 0.2) is 94.4 Å². The van der Waals surface area contributed by atoms with Crippen molar-refractivity contribution in [2.24, 2.45) is 0 Å². The van der Waals surface area contributed by atoms with E-state index in [1.807, 2.05) is 77.9 Å². The second-order valence-electron chi connectivity index (χ2n) is 14.5. The van der Waals surface area contributed by atoms with Crippen LogP contribution in [0, 0.1) is 0 Å². The van der Waals surface area contributed by atoms with Gasteiger partial charge < -0.3 is 4.90 Å². The molecule has 4 aromatic carbocycles. The summed E-state index contributed by atoms with van der Waals surface area (Å²) in [5.41, 5.74) is 3.87. The Morgan fingerprint density at radius 3 is 2.09 bits per heavy atom. The highest BCUT2D eigenvalue weighted by atomic mass is 32.2. The van der Waals surface area contributed by atoms with Gasteiger partial charge in [-0.1, -0.05) is 43.2 Å². The zero-order chi connectivity index (χ0) is 40.1. The number of hydrogen-bond acceptors (Lipinski definition) is 11. The van der Waals surface area contributed by atoms with Crippen LogP contribution in [-0.4, -0.2) is 79.1 Å². The fraction of sp³-hybridized carbons (Fsp3) is 0.324. The van der Waals surface area contributed by atoms with Gasteiger partial charge in [-0.3, -0.25) is 13.7 Å². The molecule has 294 valence electrons. The minimum Gasteiger partial charge on any atom is -0.344 e. The zero-order valence-corrected chi connectivity index (χ0v) is 33.6. The molecule has 4 aromatic rings. The summed E-state index contributed by atoms with van der Waals surface area (Å²) < 4.78 is 106. The lowest BCUT2D eigenvalue weighted by Crippen LogP contribution is -2.29. The summed E-state index contributed by atoms with van der Waals surface area (Å²) in [6.07, 6.45) is 6.03. The quantitative estimate of drug-likeness (QED) is 0.0338. The standard InChI is InChI=1S/C37H40N2O12S4/c1-36(2)32(38(18-6-20-53(41,42)43)30-16-10-24-22-26(52-51-50-40)12-14-28(24)34(30)36)8-5-9-33-37(3,4)35-29-15-13-27(55(47,48)49)23-25(29)11-17-31(35)39(33)19-7-21-54(44,45)46/h5,8-17,22-23H,6-7,18-21H2,1-4H3,(H3-,40,41,42,43,44,45,46,47,48,49)/p+1. The molecule has 0 unspecified atom stereocenters. The molecule has 0 spiro atoms. The molecule has 6 rings (SSSR count). The average Bonchev–Trinajstić information content (AvgIpc) is 3.44. The van der Waals surface area contributed by atoms with E-state index in [4.69, 9.17) is 5.26 Å². The lowest BCUT2D eigenvalue weighted by Gasteiger charge is -2.27. The van der Waals surface area contributed by atoms with Gasteiger partial charge in [-0.15, -0.1) is 4.33 Å². The number of rotatable bonds is 14. The van der Waals surface area contributed by atoms with Crippen LogP contribution in [0.5, 0.6) is 0 Å². The van der Waals surface area contributed by atoms with Gasteiger partial charge in [0.05, 0.1) is 33.9 Å². The second kappa shape index (κ2) is 15.0. The van der Waals surface area contributed by atoms with Gasteiger partial charge in [-0.05, 0) is 89.9 Å². The third-order valence-electron chi connectivity index (χ3n) is 10.2. The largest absolute Gasteiger partial charge is 0.344 e. The Morgan fingerprint density at radius 2 is 1.42 bits per heavy atom. The molecule has 0 bridgehead atoms. The molecule has 4 N–H and O–H groups in total. The summed E-state index contributed by atoms with van der Waals surface area (Å²) in [6, 6.07) is 17.5. The highest BCUT2D eigenvalue weighted by molar-refractivity contribution is 7.94. The van der Waals surface area contributed by atoms with Crippen molar-refractivity contribution in [3.63, 3.8) is 0 Å². The minimum atomic E-state index is -4.45. The second-order valence-corrected chi connectivity index (χ2v) is 19.9. The van der Waals surface area contributed by atoms with Crippen molar-refractivity contribution in [1.82, 2.24) is 0 Å². The molecular weight excluding hydrogens is 793 g/mol. The normalized spacial score (nSPS) is 17.6. The van der Waals surface area contributed by atoms with E-state index in [0.29, 0.717) is 10.3 Å². The number of benzene rings is 4. The van der Waals surface area contributed by atoms with Crippen molar-refractivity contribution in [1.29, 1.82) is 0 Å². The Kier molecular flexibility index (Phi) is 11.2. The Labute approximate surface area is 324 Å². The molecule has 0 atom stereocenters. The summed E-state index contributed by atoms with van der Waals surface area (Å²) in [4.78, 5) is 2.43. The van der Waals surface area contributed by atoms with Crippen molar-refractivity contribution >= 4 is 81.0 Å². The van der Waals surface area contributed by atoms with E-state index in [-0.39, 0.29) is 30.8 Å². The molecule has 2 aliphatic heterocycles. The summed E-state index contributed by atoms with van der Waals surface area (Å²) in [5.74, 6) is -0.876. The summed E-state index contributed by atoms with van der Waals surface area (Å²) in [7, 11) is -12.9. The molecule has 0 radical (unpaired) electrons. The Balaban J connectivity index is 1.46. The maximum Gasteiger partial charge on any atom is 0.294 e. The predicted molar refractivity (Wildman–Crippen MR) is 211 cm³/mol. The third-order valence-corrected chi connectivity index (χ3v) is 13.2. The van der Waals surface area contributed by atoms with E-state index in [2.05, 4.69) is 23.2 Å². The molecular formula is C37H41N2O12S4+. The van der Waals surface area contributed by atoms with E-state index in [1.165, 1.54) is 12.1 Å². The first kappa shape index (κ1) is 41.0. The summed E-state index contributed by atoms with van der Waals surface area (Å²) in [5, 5.41) is 15.5. The molecule has 0 aromatic heterocycles. The number of nitrogens with zero attached hydrogens (tertiary/aromatic N) is 2. The van der Waals surface area contributed by atoms with Crippen molar-refractivity contribution in [3.05, 3.63) is 95.7 Å². The monoisotopic (exact) mass is 833 g/mol. The number of hydrogen-bond donors (Lipinski definition) is 4. The van der Waals surface area contributed by atoms with Gasteiger partial charge in [-0.2, -0.15) is 29.8 Å². The Bertz CT molecular complexity index is 2630. The van der Waals surface area contributed by atoms with Crippen molar-refractivity contribution in [3.8, 4) is 0 Å². The first-order valence-electron chi connectivity index (χ1n) is 17.1. The smallest absolute Gasteiger partial charge is 0.294 e. The fourth-order valence-electron chi connectivity index (χ4n) is 7.93. The van der Waals surface area contributed by atoms with Crippen LogP contribution >= 0.6 is 12.0 Å². The number of allylic oxidation sites excluding steroid dienone is 4. The Morgan fingerprint density at radius 1 is 0.782 bits per heavy atom. The van der Waals surface area contributed by atoms with E-state index in [0.717, 1.165) is 62.1 Å². The van der Waals surface area contributed by atoms with E-state index >= 15 is 0 Å². The van der Waals surface area contributed by atoms with E-state index in [9.17, 15) is 38.9 Å². The van der Waals surface area contributed by atoms with Crippen LogP contribution in [0.3, 0.4) is 0 Å². The summed E-state index contributed by atoms with van der Waals surface area (Å²) >= 11 is 0.843. The molecule has 0 saturated carbocycles. The molecule has 0 fully saturated rings. The maximum atomic E-state index is 11.9. The lowest BCUT2D eigenvalue weighted by atomic mass is 9.79. The maximum absolute atomic E-state index is 11.9. The van der Waals surface area contributed by atoms with Crippen molar-refractivity contribution in [2.45, 2.75) is 61.2 Å². The molecule has 18 heteroatoms. The number of anilines is 1.